The number of aromatic nitrogens is 3. The van der Waals surface area contributed by atoms with Crippen molar-refractivity contribution < 1.29 is 9.59 Å². The molecule has 2 aromatic heterocycles. The van der Waals surface area contributed by atoms with Crippen molar-refractivity contribution in [3.63, 3.8) is 0 Å². The van der Waals surface area contributed by atoms with E-state index < -0.39 is 6.04 Å². The van der Waals surface area contributed by atoms with Gasteiger partial charge < -0.3 is 10.2 Å². The molecule has 2 aromatic rings. The molecule has 1 fully saturated rings. The third-order valence-electron chi connectivity index (χ3n) is 3.92. The minimum absolute atomic E-state index is 0.115. The number of piperidine rings is 1. The lowest BCUT2D eigenvalue weighted by Gasteiger charge is -2.32. The molecule has 0 spiro atoms. The first-order valence-electron chi connectivity index (χ1n) is 7.75. The quantitative estimate of drug-likeness (QED) is 0.900. The number of carbonyl (C=O) groups is 2. The second-order valence-electron chi connectivity index (χ2n) is 5.76. The van der Waals surface area contributed by atoms with Crippen LogP contribution in [0.5, 0.6) is 0 Å². The van der Waals surface area contributed by atoms with E-state index in [1.165, 1.54) is 16.2 Å². The van der Waals surface area contributed by atoms with E-state index in [1.54, 1.807) is 35.1 Å². The number of anilines is 1. The molecular formula is C15H20N6O2S. The Bertz CT molecular complexity index is 713. The zero-order valence-electron chi connectivity index (χ0n) is 13.7. The largest absolute Gasteiger partial charge is 0.326 e. The Labute approximate surface area is 144 Å². The molecule has 3 amide bonds. The molecule has 1 N–H and O–H groups in total. The van der Waals surface area contributed by atoms with E-state index in [0.29, 0.717) is 25.3 Å². The Morgan fingerprint density at radius 3 is 3.04 bits per heavy atom. The molecule has 1 aliphatic rings. The Hall–Kier alpha value is -2.42. The van der Waals surface area contributed by atoms with Crippen molar-refractivity contribution in [2.75, 3.05) is 18.5 Å². The molecule has 0 radical (unpaired) electrons. The maximum Gasteiger partial charge on any atom is 0.318 e. The molecule has 1 unspecified atom stereocenters. The highest BCUT2D eigenvalue weighted by Crippen LogP contribution is 2.19. The predicted molar refractivity (Wildman–Crippen MR) is 90.7 cm³/mol. The average molecular weight is 348 g/mol. The minimum atomic E-state index is -0.521. The van der Waals surface area contributed by atoms with Crippen LogP contribution in [0, 0.1) is 0 Å². The zero-order valence-corrected chi connectivity index (χ0v) is 14.5. The summed E-state index contributed by atoms with van der Waals surface area (Å²) in [6.45, 7) is 1.05. The molecule has 3 rings (SSSR count). The second-order valence-corrected chi connectivity index (χ2v) is 6.74. The summed E-state index contributed by atoms with van der Waals surface area (Å²) in [6, 6.07) is 1.01. The van der Waals surface area contributed by atoms with Crippen molar-refractivity contribution in [1.82, 2.24) is 25.0 Å². The monoisotopic (exact) mass is 348 g/mol. The molecule has 8 nitrogen and oxygen atoms in total. The lowest BCUT2D eigenvalue weighted by Crippen LogP contribution is -2.54. The van der Waals surface area contributed by atoms with Crippen LogP contribution in [0.1, 0.15) is 17.8 Å². The van der Waals surface area contributed by atoms with E-state index in [9.17, 15) is 9.59 Å². The number of rotatable bonds is 4. The van der Waals surface area contributed by atoms with Crippen LogP contribution in [-0.2, 0) is 18.4 Å². The number of nitrogens with one attached hydrogen (secondary N) is 1. The summed E-state index contributed by atoms with van der Waals surface area (Å²) >= 11 is 1.50. The lowest BCUT2D eigenvalue weighted by atomic mass is 10.1. The first kappa shape index (κ1) is 16.4. The molecule has 9 heteroatoms. The van der Waals surface area contributed by atoms with Gasteiger partial charge in [-0.25, -0.2) is 9.78 Å². The van der Waals surface area contributed by atoms with Gasteiger partial charge in [-0.05, 0) is 12.8 Å². The fourth-order valence-electron chi connectivity index (χ4n) is 2.65. The van der Waals surface area contributed by atoms with Gasteiger partial charge in [-0.1, -0.05) is 0 Å². The number of carbonyl (C=O) groups excluding carboxylic acids is 2. The van der Waals surface area contributed by atoms with E-state index in [0.717, 1.165) is 11.4 Å². The average Bonchev–Trinajstić information content (AvgIpc) is 3.21. The van der Waals surface area contributed by atoms with Crippen LogP contribution in [0.3, 0.4) is 0 Å². The van der Waals surface area contributed by atoms with Gasteiger partial charge in [0, 0.05) is 44.5 Å². The summed E-state index contributed by atoms with van der Waals surface area (Å²) in [6.07, 6.45) is 4.97. The SMILES string of the molecule is CN(Cc1nccs1)C(=O)NC1CCCN(c2ccn(C)n2)C1=O. The van der Waals surface area contributed by atoms with Gasteiger partial charge in [0.15, 0.2) is 5.82 Å². The zero-order chi connectivity index (χ0) is 17.1. The number of hydrogen-bond donors (Lipinski definition) is 1. The van der Waals surface area contributed by atoms with Gasteiger partial charge in [-0.2, -0.15) is 5.10 Å². The summed E-state index contributed by atoms with van der Waals surface area (Å²) in [5, 5.41) is 9.83. The Kier molecular flexibility index (Phi) is 4.79. The third-order valence-corrected chi connectivity index (χ3v) is 4.68. The number of nitrogens with zero attached hydrogens (tertiary/aromatic N) is 5. The second kappa shape index (κ2) is 7.00. The van der Waals surface area contributed by atoms with Crippen molar-refractivity contribution in [2.45, 2.75) is 25.4 Å². The van der Waals surface area contributed by atoms with Crippen molar-refractivity contribution in [3.8, 4) is 0 Å². The summed E-state index contributed by atoms with van der Waals surface area (Å²) < 4.78 is 1.66. The topological polar surface area (TPSA) is 83.4 Å². The molecule has 3 heterocycles. The Balaban J connectivity index is 1.61. The van der Waals surface area contributed by atoms with Gasteiger partial charge in [0.1, 0.15) is 11.0 Å². The van der Waals surface area contributed by atoms with E-state index in [2.05, 4.69) is 15.4 Å². The number of aryl methyl sites for hydroxylation is 1. The number of thiazole rings is 1. The lowest BCUT2D eigenvalue weighted by molar-refractivity contribution is -0.121. The molecule has 1 atom stereocenters. The van der Waals surface area contributed by atoms with Gasteiger partial charge in [-0.15, -0.1) is 11.3 Å². The van der Waals surface area contributed by atoms with Crippen LogP contribution in [0.2, 0.25) is 0 Å². The molecule has 0 aliphatic carbocycles. The third kappa shape index (κ3) is 3.56. The normalized spacial score (nSPS) is 17.8. The molecule has 1 aliphatic heterocycles. The number of urea groups is 1. The fraction of sp³-hybridized carbons (Fsp3) is 0.467. The Morgan fingerprint density at radius 2 is 2.38 bits per heavy atom. The summed E-state index contributed by atoms with van der Waals surface area (Å²) in [7, 11) is 3.51. The minimum Gasteiger partial charge on any atom is -0.326 e. The van der Waals surface area contributed by atoms with E-state index in [4.69, 9.17) is 0 Å². The van der Waals surface area contributed by atoms with Crippen molar-refractivity contribution in [1.29, 1.82) is 0 Å². The predicted octanol–water partition coefficient (Wildman–Crippen LogP) is 1.21. The van der Waals surface area contributed by atoms with Gasteiger partial charge in [-0.3, -0.25) is 14.4 Å². The van der Waals surface area contributed by atoms with Gasteiger partial charge in [0.2, 0.25) is 0 Å². The first-order chi connectivity index (χ1) is 11.5. The van der Waals surface area contributed by atoms with E-state index in [-0.39, 0.29) is 11.9 Å². The standard InChI is InChI=1S/C15H20N6O2S/c1-19(10-13-16-6-9-24-13)15(23)17-11-4-3-7-21(14(11)22)12-5-8-20(2)18-12/h5-6,8-9,11H,3-4,7,10H2,1-2H3,(H,17,23). The molecule has 0 aromatic carbocycles. The first-order valence-corrected chi connectivity index (χ1v) is 8.63. The molecule has 128 valence electrons. The maximum atomic E-state index is 12.6. The molecule has 24 heavy (non-hydrogen) atoms. The highest BCUT2D eigenvalue weighted by molar-refractivity contribution is 7.09. The highest BCUT2D eigenvalue weighted by atomic mass is 32.1. The van der Waals surface area contributed by atoms with Crippen LogP contribution in [0.4, 0.5) is 10.6 Å². The maximum absolute atomic E-state index is 12.6. The van der Waals surface area contributed by atoms with Crippen LogP contribution >= 0.6 is 11.3 Å². The van der Waals surface area contributed by atoms with Crippen LogP contribution in [0.25, 0.3) is 0 Å². The highest BCUT2D eigenvalue weighted by Gasteiger charge is 2.32. The van der Waals surface area contributed by atoms with Crippen LogP contribution in [0.15, 0.2) is 23.8 Å². The molecular weight excluding hydrogens is 328 g/mol. The van der Waals surface area contributed by atoms with Gasteiger partial charge in [0.25, 0.3) is 5.91 Å². The van der Waals surface area contributed by atoms with E-state index in [1.807, 2.05) is 12.4 Å². The fourth-order valence-corrected chi connectivity index (χ4v) is 3.32. The number of hydrogen-bond acceptors (Lipinski definition) is 5. The Morgan fingerprint density at radius 1 is 1.54 bits per heavy atom. The van der Waals surface area contributed by atoms with Crippen molar-refractivity contribution >= 4 is 29.1 Å². The smallest absolute Gasteiger partial charge is 0.318 e. The summed E-state index contributed by atoms with van der Waals surface area (Å²) in [5.74, 6) is 0.508. The number of amides is 3. The van der Waals surface area contributed by atoms with Gasteiger partial charge in [0.05, 0.1) is 6.54 Å². The molecule has 0 bridgehead atoms. The molecule has 1 saturated heterocycles. The van der Waals surface area contributed by atoms with Crippen LogP contribution in [-0.4, -0.2) is 51.2 Å². The van der Waals surface area contributed by atoms with Gasteiger partial charge >= 0.3 is 6.03 Å². The summed E-state index contributed by atoms with van der Waals surface area (Å²) in [5.41, 5.74) is 0. The summed E-state index contributed by atoms with van der Waals surface area (Å²) in [4.78, 5) is 32.3. The van der Waals surface area contributed by atoms with Crippen molar-refractivity contribution in [2.24, 2.45) is 7.05 Å². The molecule has 0 saturated carbocycles. The van der Waals surface area contributed by atoms with Crippen LogP contribution < -0.4 is 10.2 Å². The van der Waals surface area contributed by atoms with E-state index >= 15 is 0 Å². The van der Waals surface area contributed by atoms with Crippen molar-refractivity contribution in [3.05, 3.63) is 28.8 Å².